The lowest BCUT2D eigenvalue weighted by Gasteiger charge is -1.98. The number of nitrogens with one attached hydrogen (secondary N) is 1. The quantitative estimate of drug-likeness (QED) is 0.547. The maximum Gasteiger partial charge on any atom is 0.413 e. The average Bonchev–Trinajstić information content (AvgIpc) is 1.63. The monoisotopic (exact) mass is 130 g/mol. The molecule has 9 heavy (non-hydrogen) atoms. The van der Waals surface area contributed by atoms with Crippen molar-refractivity contribution >= 4 is 12.0 Å². The van der Waals surface area contributed by atoms with Crippen molar-refractivity contribution in [3.8, 4) is 0 Å². The Bertz CT molecular complexity index is 121. The van der Waals surface area contributed by atoms with Crippen LogP contribution in [0.15, 0.2) is 0 Å². The van der Waals surface area contributed by atoms with Crippen molar-refractivity contribution in [2.24, 2.45) is 0 Å². The molecule has 4 nitrogen and oxygen atoms in total. The summed E-state index contributed by atoms with van der Waals surface area (Å²) >= 11 is 0. The summed E-state index contributed by atoms with van der Waals surface area (Å²) in [5.41, 5.74) is 0. The molecule has 1 N–H and O–H groups in total. The van der Waals surface area contributed by atoms with Gasteiger partial charge in [-0.3, -0.25) is 10.1 Å². The van der Waals surface area contributed by atoms with E-state index in [2.05, 4.69) is 11.7 Å². The molecule has 51 valence electrons. The van der Waals surface area contributed by atoms with Crippen molar-refractivity contribution in [3.63, 3.8) is 0 Å². The normalized spacial score (nSPS) is 8.22. The highest BCUT2D eigenvalue weighted by molar-refractivity contribution is 5.93. The molecule has 0 saturated carbocycles. The van der Waals surface area contributed by atoms with Crippen LogP contribution in [0.5, 0.6) is 0 Å². The molecule has 0 aliphatic heterocycles. The van der Waals surface area contributed by atoms with Gasteiger partial charge in [0.05, 0.1) is 6.61 Å². The summed E-state index contributed by atoms with van der Waals surface area (Å²) in [6.07, 6.45) is -0.752. The van der Waals surface area contributed by atoms with E-state index in [0.717, 1.165) is 0 Å². The SMILES string of the molecule is [CH2]C(=O)NC(=O)OCC. The first kappa shape index (κ1) is 7.94. The maximum atomic E-state index is 10.3. The van der Waals surface area contributed by atoms with E-state index in [1.54, 1.807) is 6.92 Å². The van der Waals surface area contributed by atoms with Gasteiger partial charge in [-0.15, -0.1) is 0 Å². The molecular weight excluding hydrogens is 122 g/mol. The Balaban J connectivity index is 3.39. The van der Waals surface area contributed by atoms with Crippen molar-refractivity contribution in [1.29, 1.82) is 0 Å². The molecule has 0 aliphatic carbocycles. The molecule has 0 aromatic heterocycles. The van der Waals surface area contributed by atoms with Crippen LogP contribution in [-0.4, -0.2) is 18.6 Å². The zero-order chi connectivity index (χ0) is 7.28. The van der Waals surface area contributed by atoms with Gasteiger partial charge in [-0.1, -0.05) is 0 Å². The molecule has 0 atom stereocenters. The molecule has 0 unspecified atom stereocenters. The number of carbonyl (C=O) groups excluding carboxylic acids is 2. The third-order valence-corrected chi connectivity index (χ3v) is 0.517. The molecule has 0 spiro atoms. The highest BCUT2D eigenvalue weighted by atomic mass is 16.5. The van der Waals surface area contributed by atoms with Crippen LogP contribution in [0, 0.1) is 6.92 Å². The van der Waals surface area contributed by atoms with E-state index in [0.29, 0.717) is 0 Å². The minimum absolute atomic E-state index is 0.249. The molecule has 0 fully saturated rings. The third kappa shape index (κ3) is 4.80. The Morgan fingerprint density at radius 2 is 2.22 bits per heavy atom. The van der Waals surface area contributed by atoms with E-state index >= 15 is 0 Å². The Morgan fingerprint density at radius 3 is 2.56 bits per heavy atom. The van der Waals surface area contributed by atoms with Crippen LogP contribution in [-0.2, 0) is 9.53 Å². The maximum absolute atomic E-state index is 10.3. The zero-order valence-corrected chi connectivity index (χ0v) is 5.14. The number of imide groups is 1. The van der Waals surface area contributed by atoms with Crippen LogP contribution in [0.3, 0.4) is 0 Å². The summed E-state index contributed by atoms with van der Waals surface area (Å²) < 4.78 is 4.34. The summed E-state index contributed by atoms with van der Waals surface area (Å²) in [6, 6.07) is 0. The Morgan fingerprint density at radius 1 is 1.67 bits per heavy atom. The van der Waals surface area contributed by atoms with Gasteiger partial charge in [-0.05, 0) is 6.92 Å². The highest BCUT2D eigenvalue weighted by Gasteiger charge is 2.00. The first-order chi connectivity index (χ1) is 4.16. The molecule has 4 heteroatoms. The van der Waals surface area contributed by atoms with Gasteiger partial charge in [0.25, 0.3) is 0 Å². The van der Waals surface area contributed by atoms with Gasteiger partial charge < -0.3 is 4.74 Å². The summed E-state index contributed by atoms with van der Waals surface area (Å²) in [5, 5.41) is 1.83. The largest absolute Gasteiger partial charge is 0.450 e. The number of ether oxygens (including phenoxy) is 1. The Labute approximate surface area is 53.2 Å². The fourth-order valence-corrected chi connectivity index (χ4v) is 0.281. The number of amides is 2. The summed E-state index contributed by atoms with van der Waals surface area (Å²) in [5.74, 6) is -0.659. The standard InChI is InChI=1S/C5H8NO3/c1-3-9-5(8)6-4(2)7/h2-3H2,1H3,(H,6,7,8). The van der Waals surface area contributed by atoms with Crippen molar-refractivity contribution in [1.82, 2.24) is 5.32 Å². The number of rotatable bonds is 1. The van der Waals surface area contributed by atoms with Crippen molar-refractivity contribution in [3.05, 3.63) is 6.92 Å². The van der Waals surface area contributed by atoms with Crippen molar-refractivity contribution in [2.75, 3.05) is 6.61 Å². The van der Waals surface area contributed by atoms with E-state index in [9.17, 15) is 9.59 Å². The Kier molecular flexibility index (Phi) is 3.43. The topological polar surface area (TPSA) is 55.4 Å². The molecule has 2 amide bonds. The molecular formula is C5H8NO3. The van der Waals surface area contributed by atoms with Crippen LogP contribution in [0.1, 0.15) is 6.92 Å². The number of hydrogen-bond donors (Lipinski definition) is 1. The molecule has 0 aliphatic rings. The van der Waals surface area contributed by atoms with E-state index < -0.39 is 12.0 Å². The third-order valence-electron chi connectivity index (χ3n) is 0.517. The van der Waals surface area contributed by atoms with Crippen LogP contribution in [0.2, 0.25) is 0 Å². The van der Waals surface area contributed by atoms with Crippen molar-refractivity contribution in [2.45, 2.75) is 6.92 Å². The van der Waals surface area contributed by atoms with Gasteiger partial charge in [0.15, 0.2) is 0 Å². The highest BCUT2D eigenvalue weighted by Crippen LogP contribution is 1.74. The smallest absolute Gasteiger partial charge is 0.413 e. The minimum atomic E-state index is -0.752. The second-order valence-electron chi connectivity index (χ2n) is 1.27. The summed E-state index contributed by atoms with van der Waals surface area (Å²) in [7, 11) is 0. The predicted octanol–water partition coefficient (Wildman–Crippen LogP) is 0.0932. The Hall–Kier alpha value is -1.06. The van der Waals surface area contributed by atoms with Crippen LogP contribution < -0.4 is 5.32 Å². The molecule has 0 saturated heterocycles. The van der Waals surface area contributed by atoms with Crippen LogP contribution in [0.4, 0.5) is 4.79 Å². The van der Waals surface area contributed by atoms with E-state index in [-0.39, 0.29) is 6.61 Å². The lowest BCUT2D eigenvalue weighted by molar-refractivity contribution is -0.116. The van der Waals surface area contributed by atoms with Gasteiger partial charge in [-0.25, -0.2) is 4.79 Å². The zero-order valence-electron chi connectivity index (χ0n) is 5.14. The second-order valence-corrected chi connectivity index (χ2v) is 1.27. The van der Waals surface area contributed by atoms with E-state index in [4.69, 9.17) is 0 Å². The van der Waals surface area contributed by atoms with Crippen LogP contribution >= 0.6 is 0 Å². The second kappa shape index (κ2) is 3.88. The molecule has 0 bridgehead atoms. The number of carbonyl (C=O) groups is 2. The van der Waals surface area contributed by atoms with E-state index in [1.807, 2.05) is 5.32 Å². The molecule has 0 aromatic rings. The average molecular weight is 130 g/mol. The molecule has 1 radical (unpaired) electrons. The van der Waals surface area contributed by atoms with E-state index in [1.165, 1.54) is 0 Å². The fourth-order valence-electron chi connectivity index (χ4n) is 0.281. The van der Waals surface area contributed by atoms with Gasteiger partial charge in [0.2, 0.25) is 5.91 Å². The lowest BCUT2D eigenvalue weighted by atomic mass is 10.7. The van der Waals surface area contributed by atoms with Gasteiger partial charge >= 0.3 is 6.09 Å². The number of hydrogen-bond acceptors (Lipinski definition) is 3. The lowest BCUT2D eigenvalue weighted by Crippen LogP contribution is -2.28. The molecule has 0 aromatic carbocycles. The molecule has 0 heterocycles. The first-order valence-corrected chi connectivity index (χ1v) is 2.46. The minimum Gasteiger partial charge on any atom is -0.450 e. The fraction of sp³-hybridized carbons (Fsp3) is 0.400. The van der Waals surface area contributed by atoms with Gasteiger partial charge in [0.1, 0.15) is 0 Å². The number of alkyl carbamates (subject to hydrolysis) is 1. The first-order valence-electron chi connectivity index (χ1n) is 2.46. The summed E-state index contributed by atoms with van der Waals surface area (Å²) in [4.78, 5) is 20.3. The predicted molar refractivity (Wildman–Crippen MR) is 30.5 cm³/mol. The van der Waals surface area contributed by atoms with Crippen molar-refractivity contribution < 1.29 is 14.3 Å². The molecule has 0 rings (SSSR count). The van der Waals surface area contributed by atoms with Gasteiger partial charge in [-0.2, -0.15) is 0 Å². The van der Waals surface area contributed by atoms with Gasteiger partial charge in [0, 0.05) is 6.92 Å². The summed E-state index contributed by atoms with van der Waals surface area (Å²) in [6.45, 7) is 4.80. The van der Waals surface area contributed by atoms with Crippen LogP contribution in [0.25, 0.3) is 0 Å².